The number of benzene rings is 2. The van der Waals surface area contributed by atoms with Gasteiger partial charge in [-0.05, 0) is 77.7 Å². The maximum atomic E-state index is 6.25. The summed E-state index contributed by atoms with van der Waals surface area (Å²) in [5, 5.41) is 4.91. The van der Waals surface area contributed by atoms with Crippen molar-refractivity contribution in [1.82, 2.24) is 0 Å². The average Bonchev–Trinajstić information content (AvgIpc) is 2.36. The smallest absolute Gasteiger partial charge is 0.0519 e. The van der Waals surface area contributed by atoms with Crippen LogP contribution in [0.5, 0.6) is 0 Å². The quantitative estimate of drug-likeness (QED) is 0.644. The molecule has 2 rings (SSSR count). The highest BCUT2D eigenvalue weighted by molar-refractivity contribution is 9.10. The first-order valence-electron chi connectivity index (χ1n) is 6.36. The van der Waals surface area contributed by atoms with E-state index in [1.54, 1.807) is 6.07 Å². The van der Waals surface area contributed by atoms with E-state index in [4.69, 9.17) is 23.2 Å². The summed E-state index contributed by atoms with van der Waals surface area (Å²) in [5.41, 5.74) is 4.50. The van der Waals surface area contributed by atoms with Crippen LogP contribution in [0.4, 0.5) is 5.69 Å². The van der Waals surface area contributed by atoms with Crippen molar-refractivity contribution >= 4 is 44.8 Å². The Morgan fingerprint density at radius 3 is 2.45 bits per heavy atom. The lowest BCUT2D eigenvalue weighted by Gasteiger charge is -2.20. The highest BCUT2D eigenvalue weighted by Crippen LogP contribution is 2.33. The molecule has 2 aromatic rings. The van der Waals surface area contributed by atoms with Gasteiger partial charge < -0.3 is 5.32 Å². The van der Waals surface area contributed by atoms with E-state index in [9.17, 15) is 0 Å². The van der Waals surface area contributed by atoms with Gasteiger partial charge in [-0.3, -0.25) is 0 Å². The van der Waals surface area contributed by atoms with E-state index >= 15 is 0 Å². The zero-order valence-corrected chi connectivity index (χ0v) is 14.7. The van der Waals surface area contributed by atoms with Gasteiger partial charge >= 0.3 is 0 Å². The Kier molecular flexibility index (Phi) is 5.00. The molecule has 4 heteroatoms. The van der Waals surface area contributed by atoms with Gasteiger partial charge in [0.1, 0.15) is 0 Å². The zero-order valence-electron chi connectivity index (χ0n) is 11.6. The molecule has 0 spiro atoms. The summed E-state index contributed by atoms with van der Waals surface area (Å²) in [6.07, 6.45) is 0. The lowest BCUT2D eigenvalue weighted by Crippen LogP contribution is -2.09. The number of hydrogen-bond acceptors (Lipinski definition) is 1. The maximum Gasteiger partial charge on any atom is 0.0519 e. The van der Waals surface area contributed by atoms with Crippen molar-refractivity contribution in [2.24, 2.45) is 0 Å². The van der Waals surface area contributed by atoms with Gasteiger partial charge in [0.2, 0.25) is 0 Å². The minimum Gasteiger partial charge on any atom is -0.377 e. The van der Waals surface area contributed by atoms with E-state index in [0.717, 1.165) is 20.7 Å². The first-order chi connectivity index (χ1) is 9.38. The van der Waals surface area contributed by atoms with Crippen LogP contribution in [0.3, 0.4) is 0 Å². The summed E-state index contributed by atoms with van der Waals surface area (Å²) in [5.74, 6) is 0. The molecule has 0 radical (unpaired) electrons. The molecular formula is C16H16BrCl2N. The Hall–Kier alpha value is -0.700. The third-order valence-electron chi connectivity index (χ3n) is 3.22. The zero-order chi connectivity index (χ0) is 14.9. The fourth-order valence-corrected chi connectivity index (χ4v) is 3.49. The first-order valence-corrected chi connectivity index (χ1v) is 7.91. The minimum atomic E-state index is 0.0684. The van der Waals surface area contributed by atoms with Crippen molar-refractivity contribution in [1.29, 1.82) is 0 Å². The van der Waals surface area contributed by atoms with E-state index in [0.29, 0.717) is 5.02 Å². The van der Waals surface area contributed by atoms with Crippen molar-refractivity contribution in [3.8, 4) is 0 Å². The van der Waals surface area contributed by atoms with Gasteiger partial charge in [-0.2, -0.15) is 0 Å². The van der Waals surface area contributed by atoms with Gasteiger partial charge in [-0.1, -0.05) is 29.3 Å². The molecule has 0 aromatic heterocycles. The van der Waals surface area contributed by atoms with Gasteiger partial charge in [0, 0.05) is 14.5 Å². The van der Waals surface area contributed by atoms with Gasteiger partial charge in [0.25, 0.3) is 0 Å². The highest BCUT2D eigenvalue weighted by Gasteiger charge is 2.13. The molecule has 1 unspecified atom stereocenters. The van der Waals surface area contributed by atoms with Crippen LogP contribution in [0.1, 0.15) is 29.7 Å². The van der Waals surface area contributed by atoms with Crippen molar-refractivity contribution in [2.75, 3.05) is 5.32 Å². The summed E-state index contributed by atoms with van der Waals surface area (Å²) < 4.78 is 1.06. The number of nitrogens with one attached hydrogen (secondary N) is 1. The maximum absolute atomic E-state index is 6.25. The van der Waals surface area contributed by atoms with Gasteiger partial charge in [0.15, 0.2) is 0 Å². The van der Waals surface area contributed by atoms with Crippen LogP contribution >= 0.6 is 39.1 Å². The lowest BCUT2D eigenvalue weighted by atomic mass is 10.1. The lowest BCUT2D eigenvalue weighted by molar-refractivity contribution is 0.881. The first kappa shape index (κ1) is 15.7. The summed E-state index contributed by atoms with van der Waals surface area (Å²) in [6.45, 7) is 6.24. The third-order valence-corrected chi connectivity index (χ3v) is 4.42. The molecule has 106 valence electrons. The van der Waals surface area contributed by atoms with Gasteiger partial charge in [-0.25, -0.2) is 0 Å². The molecule has 0 amide bonds. The monoisotopic (exact) mass is 371 g/mol. The van der Waals surface area contributed by atoms with Gasteiger partial charge in [0.05, 0.1) is 11.7 Å². The topological polar surface area (TPSA) is 12.0 Å². The van der Waals surface area contributed by atoms with Crippen molar-refractivity contribution in [2.45, 2.75) is 26.8 Å². The largest absolute Gasteiger partial charge is 0.377 e. The molecule has 0 aliphatic heterocycles. The molecule has 0 saturated heterocycles. The molecule has 1 atom stereocenters. The van der Waals surface area contributed by atoms with Crippen LogP contribution in [-0.2, 0) is 0 Å². The van der Waals surface area contributed by atoms with Crippen molar-refractivity contribution < 1.29 is 0 Å². The number of halogens is 3. The molecule has 0 bridgehead atoms. The van der Waals surface area contributed by atoms with Crippen LogP contribution in [0.25, 0.3) is 0 Å². The molecule has 0 saturated carbocycles. The van der Waals surface area contributed by atoms with Crippen LogP contribution < -0.4 is 5.32 Å². The predicted molar refractivity (Wildman–Crippen MR) is 92.1 cm³/mol. The average molecular weight is 373 g/mol. The van der Waals surface area contributed by atoms with Crippen LogP contribution in [-0.4, -0.2) is 0 Å². The number of aryl methyl sites for hydroxylation is 2. The summed E-state index contributed by atoms with van der Waals surface area (Å²) in [4.78, 5) is 0. The van der Waals surface area contributed by atoms with Crippen LogP contribution in [0, 0.1) is 13.8 Å². The van der Waals surface area contributed by atoms with E-state index < -0.39 is 0 Å². The molecule has 0 aliphatic rings. The summed E-state index contributed by atoms with van der Waals surface area (Å²) in [6, 6.07) is 9.85. The number of anilines is 1. The molecule has 0 aliphatic carbocycles. The molecule has 2 aromatic carbocycles. The van der Waals surface area contributed by atoms with Crippen LogP contribution in [0.15, 0.2) is 34.8 Å². The predicted octanol–water partition coefficient (Wildman–Crippen LogP) is 6.55. The fourth-order valence-electron chi connectivity index (χ4n) is 2.24. The second-order valence-electron chi connectivity index (χ2n) is 4.97. The molecule has 0 heterocycles. The Morgan fingerprint density at radius 2 is 1.80 bits per heavy atom. The molecule has 20 heavy (non-hydrogen) atoms. The number of hydrogen-bond donors (Lipinski definition) is 1. The van der Waals surface area contributed by atoms with Crippen molar-refractivity contribution in [3.63, 3.8) is 0 Å². The van der Waals surface area contributed by atoms with E-state index in [-0.39, 0.29) is 6.04 Å². The highest BCUT2D eigenvalue weighted by atomic mass is 79.9. The third kappa shape index (κ3) is 3.49. The Morgan fingerprint density at radius 1 is 1.10 bits per heavy atom. The number of rotatable bonds is 3. The Bertz CT molecular complexity index is 617. The summed E-state index contributed by atoms with van der Waals surface area (Å²) >= 11 is 15.9. The van der Waals surface area contributed by atoms with E-state index in [2.05, 4.69) is 54.2 Å². The normalized spacial score (nSPS) is 12.3. The molecule has 1 N–H and O–H groups in total. The minimum absolute atomic E-state index is 0.0684. The molecular weight excluding hydrogens is 357 g/mol. The standard InChI is InChI=1S/C16H16BrCl2N/c1-9-6-10(2)16(14(17)7-9)20-11(3)13-8-12(18)4-5-15(13)19/h4-8,11,20H,1-3H3. The van der Waals surface area contributed by atoms with E-state index in [1.807, 2.05) is 12.1 Å². The van der Waals surface area contributed by atoms with Gasteiger partial charge in [-0.15, -0.1) is 0 Å². The molecule has 1 nitrogen and oxygen atoms in total. The summed E-state index contributed by atoms with van der Waals surface area (Å²) in [7, 11) is 0. The van der Waals surface area contributed by atoms with E-state index in [1.165, 1.54) is 11.1 Å². The Balaban J connectivity index is 2.32. The second kappa shape index (κ2) is 6.38. The Labute approximate surface area is 138 Å². The SMILES string of the molecule is Cc1cc(C)c(NC(C)c2cc(Cl)ccc2Cl)c(Br)c1. The molecule has 0 fully saturated rings. The van der Waals surface area contributed by atoms with Crippen LogP contribution in [0.2, 0.25) is 10.0 Å². The fraction of sp³-hybridized carbons (Fsp3) is 0.250. The second-order valence-corrected chi connectivity index (χ2v) is 6.67. The van der Waals surface area contributed by atoms with Crippen molar-refractivity contribution in [3.05, 3.63) is 61.5 Å².